The number of nitrogens with one attached hydrogen (secondary N) is 1. The van der Waals surface area contributed by atoms with Crippen LogP contribution in [0.4, 0.5) is 0 Å². The molecule has 27 heavy (non-hydrogen) atoms. The van der Waals surface area contributed by atoms with Gasteiger partial charge in [0.2, 0.25) is 0 Å². The van der Waals surface area contributed by atoms with Crippen molar-refractivity contribution in [3.63, 3.8) is 0 Å². The number of nitrogens with zero attached hydrogens (tertiary/aromatic N) is 2. The van der Waals surface area contributed by atoms with E-state index in [9.17, 15) is 19.5 Å². The van der Waals surface area contributed by atoms with Crippen molar-refractivity contribution in [3.05, 3.63) is 0 Å². The lowest BCUT2D eigenvalue weighted by atomic mass is 9.94. The van der Waals surface area contributed by atoms with E-state index >= 15 is 0 Å². The summed E-state index contributed by atoms with van der Waals surface area (Å²) in [6, 6.07) is -0.868. The van der Waals surface area contributed by atoms with Crippen LogP contribution in [0.25, 0.3) is 0 Å². The van der Waals surface area contributed by atoms with Gasteiger partial charge in [-0.25, -0.2) is 0 Å². The molecule has 0 rings (SSSR count). The number of hydrogen-bond donors (Lipinski definition) is 2. The van der Waals surface area contributed by atoms with Gasteiger partial charge in [-0.3, -0.25) is 24.2 Å². The molecule has 0 amide bonds. The first-order chi connectivity index (χ1) is 12.5. The van der Waals surface area contributed by atoms with Crippen LogP contribution in [0.1, 0.15) is 46.5 Å². The summed E-state index contributed by atoms with van der Waals surface area (Å²) in [6.45, 7) is 6.41. The Morgan fingerprint density at radius 1 is 1.04 bits per heavy atom. The minimum Gasteiger partial charge on any atom is -0.391 e. The average molecular weight is 386 g/mol. The van der Waals surface area contributed by atoms with E-state index < -0.39 is 12.1 Å². The zero-order chi connectivity index (χ0) is 21.1. The Balaban J connectivity index is 4.69. The first kappa shape index (κ1) is 25.9. The smallest absolute Gasteiger partial charge is 0.153 e. The van der Waals surface area contributed by atoms with Gasteiger partial charge in [-0.1, -0.05) is 13.8 Å². The highest BCUT2D eigenvalue weighted by atomic mass is 16.3. The van der Waals surface area contributed by atoms with Crippen molar-refractivity contribution in [2.75, 3.05) is 41.3 Å². The highest BCUT2D eigenvalue weighted by Crippen LogP contribution is 2.14. The first-order valence-electron chi connectivity index (χ1n) is 9.74. The lowest BCUT2D eigenvalue weighted by Crippen LogP contribution is -2.46. The highest BCUT2D eigenvalue weighted by Gasteiger charge is 2.29. The van der Waals surface area contributed by atoms with Crippen molar-refractivity contribution in [1.29, 1.82) is 0 Å². The molecular weight excluding hydrogens is 346 g/mol. The normalized spacial score (nSPS) is 15.2. The molecule has 0 radical (unpaired) electrons. The van der Waals surface area contributed by atoms with Gasteiger partial charge in [-0.05, 0) is 53.9 Å². The monoisotopic (exact) mass is 385 g/mol. The van der Waals surface area contributed by atoms with Gasteiger partial charge in [-0.2, -0.15) is 0 Å². The molecule has 0 aliphatic carbocycles. The molecule has 0 spiro atoms. The SMILES string of the molecule is CN[C@@H](CC(C)C)C(=O)CC[C@@H](O)[C@@H](C(=O)CCN(C)CC(C)=O)N(C)C. The third kappa shape index (κ3) is 10.7. The fourth-order valence-electron chi connectivity index (χ4n) is 3.26. The predicted molar refractivity (Wildman–Crippen MR) is 108 cm³/mol. The standard InChI is InChI=1S/C20H39N3O4/c1-14(2)12-16(21-4)17(25)8-9-18(26)20(22(5)6)19(27)10-11-23(7)13-15(3)24/h14,16,18,20-21,26H,8-13H2,1-7H3/t16-,18+,20-/m0/s1. The number of carbonyl (C=O) groups is 3. The summed E-state index contributed by atoms with van der Waals surface area (Å²) in [5, 5.41) is 13.6. The minimum atomic E-state index is -0.897. The highest BCUT2D eigenvalue weighted by molar-refractivity contribution is 5.86. The Morgan fingerprint density at radius 3 is 2.07 bits per heavy atom. The lowest BCUT2D eigenvalue weighted by molar-refractivity contribution is -0.129. The molecule has 0 saturated heterocycles. The molecule has 0 aromatic heterocycles. The summed E-state index contributed by atoms with van der Waals surface area (Å²) in [6.07, 6.45) is 0.605. The largest absolute Gasteiger partial charge is 0.391 e. The number of ketones is 3. The van der Waals surface area contributed by atoms with Gasteiger partial charge in [0.1, 0.15) is 11.6 Å². The van der Waals surface area contributed by atoms with Crippen LogP contribution in [0.3, 0.4) is 0 Å². The number of hydrogen-bond acceptors (Lipinski definition) is 7. The van der Waals surface area contributed by atoms with Crippen LogP contribution < -0.4 is 5.32 Å². The molecule has 7 heteroatoms. The molecule has 0 heterocycles. The number of Topliss-reactive ketones (excluding diaryl/α,β-unsaturated/α-hetero) is 3. The number of carbonyl (C=O) groups excluding carboxylic acids is 3. The van der Waals surface area contributed by atoms with Crippen molar-refractivity contribution < 1.29 is 19.5 Å². The van der Waals surface area contributed by atoms with Crippen molar-refractivity contribution in [1.82, 2.24) is 15.1 Å². The van der Waals surface area contributed by atoms with Gasteiger partial charge in [0.15, 0.2) is 5.78 Å². The van der Waals surface area contributed by atoms with Crippen LogP contribution in [0.2, 0.25) is 0 Å². The molecule has 0 aliphatic heterocycles. The van der Waals surface area contributed by atoms with Crippen LogP contribution >= 0.6 is 0 Å². The quantitative estimate of drug-likeness (QED) is 0.430. The second-order valence-corrected chi connectivity index (χ2v) is 8.11. The van der Waals surface area contributed by atoms with Crippen LogP contribution in [0.15, 0.2) is 0 Å². The number of aliphatic hydroxyl groups excluding tert-OH is 1. The van der Waals surface area contributed by atoms with Crippen molar-refractivity contribution in [3.8, 4) is 0 Å². The van der Waals surface area contributed by atoms with E-state index in [-0.39, 0.29) is 42.7 Å². The molecule has 0 bridgehead atoms. The topological polar surface area (TPSA) is 90.0 Å². The Kier molecular flexibility index (Phi) is 12.5. The molecule has 0 saturated carbocycles. The van der Waals surface area contributed by atoms with Gasteiger partial charge < -0.3 is 10.4 Å². The van der Waals surface area contributed by atoms with E-state index in [0.717, 1.165) is 6.42 Å². The number of rotatable bonds is 15. The Labute approximate surface area is 164 Å². The summed E-state index contributed by atoms with van der Waals surface area (Å²) in [4.78, 5) is 39.6. The molecule has 2 N–H and O–H groups in total. The minimum absolute atomic E-state index is 0.0492. The van der Waals surface area contributed by atoms with Crippen LogP contribution in [-0.2, 0) is 14.4 Å². The molecule has 158 valence electrons. The summed E-state index contributed by atoms with van der Waals surface area (Å²) in [7, 11) is 7.07. The lowest BCUT2D eigenvalue weighted by Gasteiger charge is -2.29. The summed E-state index contributed by atoms with van der Waals surface area (Å²) >= 11 is 0. The first-order valence-corrected chi connectivity index (χ1v) is 9.74. The maximum atomic E-state index is 12.6. The Bertz CT molecular complexity index is 480. The van der Waals surface area contributed by atoms with Crippen molar-refractivity contribution >= 4 is 17.3 Å². The fraction of sp³-hybridized carbons (Fsp3) is 0.850. The summed E-state index contributed by atoms with van der Waals surface area (Å²) in [5.74, 6) is 0.437. The molecule has 7 nitrogen and oxygen atoms in total. The molecule has 3 atom stereocenters. The second-order valence-electron chi connectivity index (χ2n) is 8.11. The van der Waals surface area contributed by atoms with E-state index in [1.807, 2.05) is 0 Å². The maximum absolute atomic E-state index is 12.6. The fourth-order valence-corrected chi connectivity index (χ4v) is 3.26. The van der Waals surface area contributed by atoms with E-state index in [4.69, 9.17) is 0 Å². The Morgan fingerprint density at radius 2 is 1.63 bits per heavy atom. The van der Waals surface area contributed by atoms with E-state index in [1.165, 1.54) is 6.92 Å². The van der Waals surface area contributed by atoms with E-state index in [2.05, 4.69) is 19.2 Å². The third-order valence-electron chi connectivity index (χ3n) is 4.61. The van der Waals surface area contributed by atoms with Gasteiger partial charge in [-0.15, -0.1) is 0 Å². The molecule has 0 unspecified atom stereocenters. The Hall–Kier alpha value is -1.15. The summed E-state index contributed by atoms with van der Waals surface area (Å²) in [5.41, 5.74) is 0. The maximum Gasteiger partial charge on any atom is 0.153 e. The van der Waals surface area contributed by atoms with Crippen LogP contribution in [-0.4, -0.2) is 91.7 Å². The van der Waals surface area contributed by atoms with Crippen molar-refractivity contribution in [2.24, 2.45) is 5.92 Å². The molecule has 0 fully saturated rings. The average Bonchev–Trinajstić information content (AvgIpc) is 2.54. The zero-order valence-corrected chi connectivity index (χ0v) is 18.1. The van der Waals surface area contributed by atoms with E-state index in [0.29, 0.717) is 19.0 Å². The third-order valence-corrected chi connectivity index (χ3v) is 4.61. The predicted octanol–water partition coefficient (Wildman–Crippen LogP) is 0.741. The second kappa shape index (κ2) is 13.1. The van der Waals surface area contributed by atoms with Gasteiger partial charge >= 0.3 is 0 Å². The number of likely N-dealkylation sites (N-methyl/N-ethyl adjacent to an activating group) is 3. The molecule has 0 aromatic carbocycles. The molecule has 0 aliphatic rings. The molecular formula is C20H39N3O4. The molecule has 0 aromatic rings. The van der Waals surface area contributed by atoms with E-state index in [1.54, 1.807) is 38.0 Å². The van der Waals surface area contributed by atoms with Crippen molar-refractivity contribution in [2.45, 2.75) is 64.6 Å². The zero-order valence-electron chi connectivity index (χ0n) is 18.1. The van der Waals surface area contributed by atoms with Crippen LogP contribution in [0.5, 0.6) is 0 Å². The van der Waals surface area contributed by atoms with Gasteiger partial charge in [0.05, 0.1) is 24.7 Å². The van der Waals surface area contributed by atoms with Crippen LogP contribution in [0, 0.1) is 5.92 Å². The van der Waals surface area contributed by atoms with Gasteiger partial charge in [0.25, 0.3) is 0 Å². The van der Waals surface area contributed by atoms with Gasteiger partial charge in [0, 0.05) is 19.4 Å². The summed E-state index contributed by atoms with van der Waals surface area (Å²) < 4.78 is 0. The number of aliphatic hydroxyl groups is 1.